The van der Waals surface area contributed by atoms with Crippen LogP contribution in [-0.4, -0.2) is 45.8 Å². The highest BCUT2D eigenvalue weighted by molar-refractivity contribution is 5.79. The second kappa shape index (κ2) is 4.94. The van der Waals surface area contributed by atoms with Crippen LogP contribution < -0.4 is 0 Å². The summed E-state index contributed by atoms with van der Waals surface area (Å²) in [6.07, 6.45) is 2.62. The van der Waals surface area contributed by atoms with Gasteiger partial charge in [-0.1, -0.05) is 6.92 Å². The van der Waals surface area contributed by atoms with Gasteiger partial charge < -0.3 is 10.2 Å². The molecular formula is C11H21NO3. The van der Waals surface area contributed by atoms with Gasteiger partial charge in [0.25, 0.3) is 0 Å². The number of hydrogen-bond donors (Lipinski definition) is 2. The van der Waals surface area contributed by atoms with E-state index < -0.39 is 11.5 Å². The number of aliphatic carboxylic acids is 1. The van der Waals surface area contributed by atoms with Crippen LogP contribution in [0.5, 0.6) is 0 Å². The van der Waals surface area contributed by atoms with Crippen LogP contribution in [0.2, 0.25) is 0 Å². The molecule has 2 N–H and O–H groups in total. The largest absolute Gasteiger partial charge is 0.480 e. The van der Waals surface area contributed by atoms with Gasteiger partial charge in [0, 0.05) is 6.54 Å². The Balaban J connectivity index is 2.65. The van der Waals surface area contributed by atoms with E-state index in [2.05, 4.69) is 0 Å². The molecule has 0 spiro atoms. The van der Waals surface area contributed by atoms with Crippen LogP contribution in [0.25, 0.3) is 0 Å². The summed E-state index contributed by atoms with van der Waals surface area (Å²) in [6, 6.07) is 0. The zero-order valence-electron chi connectivity index (χ0n) is 9.57. The van der Waals surface area contributed by atoms with Gasteiger partial charge in [0.05, 0.1) is 6.10 Å². The molecular weight excluding hydrogens is 194 g/mol. The van der Waals surface area contributed by atoms with Crippen molar-refractivity contribution in [3.63, 3.8) is 0 Å². The number of likely N-dealkylation sites (tertiary alicyclic amines) is 1. The molecule has 1 rings (SSSR count). The van der Waals surface area contributed by atoms with E-state index in [1.807, 2.05) is 11.8 Å². The van der Waals surface area contributed by atoms with Crippen LogP contribution in [0, 0.1) is 0 Å². The molecule has 0 aromatic heterocycles. The molecule has 1 fully saturated rings. The minimum absolute atomic E-state index is 0.353. The molecule has 4 nitrogen and oxygen atoms in total. The third kappa shape index (κ3) is 2.49. The normalized spacial score (nSPS) is 29.3. The number of hydrogen-bond acceptors (Lipinski definition) is 3. The fraction of sp³-hybridized carbons (Fsp3) is 0.909. The van der Waals surface area contributed by atoms with Crippen LogP contribution in [0.15, 0.2) is 0 Å². The van der Waals surface area contributed by atoms with E-state index in [9.17, 15) is 15.0 Å². The molecule has 0 saturated carbocycles. The van der Waals surface area contributed by atoms with Crippen LogP contribution in [0.3, 0.4) is 0 Å². The fourth-order valence-electron chi connectivity index (χ4n) is 2.40. The first-order valence-electron chi connectivity index (χ1n) is 5.69. The number of aliphatic hydroxyl groups is 1. The summed E-state index contributed by atoms with van der Waals surface area (Å²) < 4.78 is 0. The number of aliphatic hydroxyl groups excluding tert-OH is 1. The summed E-state index contributed by atoms with van der Waals surface area (Å²) in [5.74, 6) is -0.715. The lowest BCUT2D eigenvalue weighted by Gasteiger charge is -2.34. The number of carboxylic acids is 1. The van der Waals surface area contributed by atoms with Crippen molar-refractivity contribution in [1.82, 2.24) is 4.90 Å². The molecule has 1 saturated heterocycles. The SMILES string of the molecule is CCC1(C(=O)O)CCCN1CCC(C)O. The molecule has 4 heteroatoms. The van der Waals surface area contributed by atoms with E-state index >= 15 is 0 Å². The monoisotopic (exact) mass is 215 g/mol. The molecule has 0 aliphatic carbocycles. The maximum atomic E-state index is 11.3. The zero-order valence-corrected chi connectivity index (χ0v) is 9.57. The Labute approximate surface area is 90.9 Å². The summed E-state index contributed by atoms with van der Waals surface area (Å²) in [5, 5.41) is 18.5. The Morgan fingerprint density at radius 2 is 2.27 bits per heavy atom. The topological polar surface area (TPSA) is 60.8 Å². The van der Waals surface area contributed by atoms with Crippen LogP contribution in [0.4, 0.5) is 0 Å². The first kappa shape index (κ1) is 12.5. The minimum atomic E-state index is -0.715. The van der Waals surface area contributed by atoms with Crippen molar-refractivity contribution in [3.05, 3.63) is 0 Å². The molecule has 1 aliphatic rings. The van der Waals surface area contributed by atoms with Crippen LogP contribution in [0.1, 0.15) is 39.5 Å². The standard InChI is InChI=1S/C11H21NO3/c1-3-11(10(14)15)6-4-7-12(11)8-5-9(2)13/h9,13H,3-8H2,1-2H3,(H,14,15). The molecule has 0 amide bonds. The second-order valence-electron chi connectivity index (χ2n) is 4.42. The molecule has 0 aromatic rings. The summed E-state index contributed by atoms with van der Waals surface area (Å²) >= 11 is 0. The molecule has 1 aliphatic heterocycles. The summed E-state index contributed by atoms with van der Waals surface area (Å²) in [6.45, 7) is 5.18. The van der Waals surface area contributed by atoms with Crippen molar-refractivity contribution in [2.24, 2.45) is 0 Å². The van der Waals surface area contributed by atoms with Crippen LogP contribution in [-0.2, 0) is 4.79 Å². The average Bonchev–Trinajstić information content (AvgIpc) is 2.58. The average molecular weight is 215 g/mol. The van der Waals surface area contributed by atoms with Crippen molar-refractivity contribution in [3.8, 4) is 0 Å². The van der Waals surface area contributed by atoms with E-state index in [4.69, 9.17) is 0 Å². The van der Waals surface area contributed by atoms with E-state index in [0.29, 0.717) is 19.4 Å². The number of carboxylic acid groups (broad SMARTS) is 1. The molecule has 0 aromatic carbocycles. The van der Waals surface area contributed by atoms with E-state index in [1.165, 1.54) is 0 Å². The maximum Gasteiger partial charge on any atom is 0.324 e. The lowest BCUT2D eigenvalue weighted by molar-refractivity contribution is -0.150. The van der Waals surface area contributed by atoms with Crippen molar-refractivity contribution in [2.75, 3.05) is 13.1 Å². The molecule has 88 valence electrons. The molecule has 2 atom stereocenters. The van der Waals surface area contributed by atoms with Gasteiger partial charge in [-0.05, 0) is 39.2 Å². The third-order valence-corrected chi connectivity index (χ3v) is 3.42. The van der Waals surface area contributed by atoms with Crippen molar-refractivity contribution >= 4 is 5.97 Å². The highest BCUT2D eigenvalue weighted by Gasteiger charge is 2.45. The predicted molar refractivity (Wildman–Crippen MR) is 57.8 cm³/mol. The smallest absolute Gasteiger partial charge is 0.324 e. The Morgan fingerprint density at radius 3 is 2.73 bits per heavy atom. The quantitative estimate of drug-likeness (QED) is 0.720. The summed E-state index contributed by atoms with van der Waals surface area (Å²) in [7, 11) is 0. The first-order chi connectivity index (χ1) is 7.03. The molecule has 2 unspecified atom stereocenters. The van der Waals surface area contributed by atoms with Gasteiger partial charge in [-0.15, -0.1) is 0 Å². The highest BCUT2D eigenvalue weighted by atomic mass is 16.4. The van der Waals surface area contributed by atoms with Gasteiger partial charge in [-0.3, -0.25) is 9.69 Å². The molecule has 15 heavy (non-hydrogen) atoms. The lowest BCUT2D eigenvalue weighted by atomic mass is 9.93. The van der Waals surface area contributed by atoms with E-state index in [-0.39, 0.29) is 6.10 Å². The number of carbonyl (C=O) groups is 1. The molecule has 0 radical (unpaired) electrons. The van der Waals surface area contributed by atoms with Crippen molar-refractivity contribution in [2.45, 2.75) is 51.2 Å². The van der Waals surface area contributed by atoms with Gasteiger partial charge in [0.2, 0.25) is 0 Å². The Kier molecular flexibility index (Phi) is 4.11. The zero-order chi connectivity index (χ0) is 11.5. The van der Waals surface area contributed by atoms with Crippen molar-refractivity contribution in [1.29, 1.82) is 0 Å². The summed E-state index contributed by atoms with van der Waals surface area (Å²) in [4.78, 5) is 13.3. The molecule has 0 bridgehead atoms. The van der Waals surface area contributed by atoms with Gasteiger partial charge in [-0.25, -0.2) is 0 Å². The fourth-order valence-corrected chi connectivity index (χ4v) is 2.40. The van der Waals surface area contributed by atoms with Gasteiger partial charge in [0.15, 0.2) is 0 Å². The van der Waals surface area contributed by atoms with E-state index in [1.54, 1.807) is 6.92 Å². The number of nitrogens with zero attached hydrogens (tertiary/aromatic N) is 1. The number of rotatable bonds is 5. The Morgan fingerprint density at radius 1 is 1.60 bits per heavy atom. The molecule has 1 heterocycles. The first-order valence-corrected chi connectivity index (χ1v) is 5.69. The minimum Gasteiger partial charge on any atom is -0.480 e. The summed E-state index contributed by atoms with van der Waals surface area (Å²) in [5.41, 5.74) is -0.672. The second-order valence-corrected chi connectivity index (χ2v) is 4.42. The Hall–Kier alpha value is -0.610. The Bertz CT molecular complexity index is 230. The van der Waals surface area contributed by atoms with Crippen molar-refractivity contribution < 1.29 is 15.0 Å². The van der Waals surface area contributed by atoms with Gasteiger partial charge in [0.1, 0.15) is 5.54 Å². The van der Waals surface area contributed by atoms with E-state index in [0.717, 1.165) is 19.4 Å². The maximum absolute atomic E-state index is 11.3. The van der Waals surface area contributed by atoms with Gasteiger partial charge >= 0.3 is 5.97 Å². The highest BCUT2D eigenvalue weighted by Crippen LogP contribution is 2.32. The van der Waals surface area contributed by atoms with Crippen LogP contribution >= 0.6 is 0 Å². The predicted octanol–water partition coefficient (Wildman–Crippen LogP) is 1.09. The van der Waals surface area contributed by atoms with Gasteiger partial charge in [-0.2, -0.15) is 0 Å². The third-order valence-electron chi connectivity index (χ3n) is 3.42. The lowest BCUT2D eigenvalue weighted by Crippen LogP contribution is -2.50.